The number of rotatable bonds is 10. The van der Waals surface area contributed by atoms with E-state index in [-0.39, 0.29) is 20.1 Å². The molecule has 75 heavy (non-hydrogen) atoms. The molecule has 5 heteroatoms. The van der Waals surface area contributed by atoms with Crippen molar-refractivity contribution in [2.24, 2.45) is 0 Å². The number of para-hydroxylation sites is 1. The molecule has 0 bridgehead atoms. The van der Waals surface area contributed by atoms with E-state index in [1.165, 1.54) is 0 Å². The van der Waals surface area contributed by atoms with Crippen molar-refractivity contribution in [3.8, 4) is 112 Å². The minimum Gasteiger partial charge on any atom is -0.456 e. The fourth-order valence-electron chi connectivity index (χ4n) is 10.3. The van der Waals surface area contributed by atoms with E-state index in [1.54, 1.807) is 0 Å². The molecule has 9 aromatic carbocycles. The van der Waals surface area contributed by atoms with Gasteiger partial charge >= 0.3 is 20.1 Å². The van der Waals surface area contributed by atoms with E-state index in [2.05, 4.69) is 211 Å². The number of furan rings is 1. The van der Waals surface area contributed by atoms with Crippen LogP contribution in [0.2, 0.25) is 0 Å². The van der Waals surface area contributed by atoms with Crippen molar-refractivity contribution in [2.75, 3.05) is 0 Å². The third-order valence-corrected chi connectivity index (χ3v) is 14.0. The average Bonchev–Trinajstić information content (AvgIpc) is 3.87. The van der Waals surface area contributed by atoms with Crippen LogP contribution in [0, 0.1) is 25.1 Å². The predicted molar refractivity (Wildman–Crippen MR) is 303 cm³/mol. The van der Waals surface area contributed by atoms with E-state index in [1.807, 2.05) is 73.2 Å². The summed E-state index contributed by atoms with van der Waals surface area (Å²) in [5.41, 5.74) is 23.5. The molecule has 0 radical (unpaired) electrons. The van der Waals surface area contributed by atoms with Crippen molar-refractivity contribution in [2.45, 2.75) is 6.92 Å². The van der Waals surface area contributed by atoms with E-state index in [4.69, 9.17) is 9.40 Å². The Kier molecular flexibility index (Phi) is 12.8. The van der Waals surface area contributed by atoms with E-state index in [9.17, 15) is 0 Å². The van der Waals surface area contributed by atoms with E-state index < -0.39 is 0 Å². The van der Waals surface area contributed by atoms with Crippen molar-refractivity contribution >= 4 is 21.9 Å². The average molecular weight is 1140 g/mol. The maximum atomic E-state index is 6.61. The number of hydrogen-bond donors (Lipinski definition) is 0. The molecule has 0 aliphatic heterocycles. The molecule has 13 rings (SSSR count). The fourth-order valence-corrected chi connectivity index (χ4v) is 10.3. The van der Waals surface area contributed by atoms with E-state index in [0.717, 1.165) is 139 Å². The van der Waals surface area contributed by atoms with Crippen LogP contribution in [-0.2, 0) is 20.1 Å². The van der Waals surface area contributed by atoms with Gasteiger partial charge in [-0.1, -0.05) is 172 Å². The zero-order valence-electron chi connectivity index (χ0n) is 40.8. The molecule has 0 spiro atoms. The molecule has 4 heterocycles. The number of aryl methyl sites for hydroxylation is 1. The van der Waals surface area contributed by atoms with Gasteiger partial charge in [-0.3, -0.25) is 0 Å². The third-order valence-electron chi connectivity index (χ3n) is 14.0. The van der Waals surface area contributed by atoms with Gasteiger partial charge < -0.3 is 19.4 Å². The molecule has 4 nitrogen and oxygen atoms in total. The van der Waals surface area contributed by atoms with Gasteiger partial charge in [-0.25, -0.2) is 0 Å². The molecular formula is C70H44IrN3O. The van der Waals surface area contributed by atoms with E-state index >= 15 is 0 Å². The summed E-state index contributed by atoms with van der Waals surface area (Å²) in [6.45, 7) is 2.10. The molecule has 0 aliphatic rings. The monoisotopic (exact) mass is 1140 g/mol. The van der Waals surface area contributed by atoms with Crippen LogP contribution < -0.4 is 0 Å². The Morgan fingerprint density at radius 3 is 1.27 bits per heavy atom. The first-order valence-corrected chi connectivity index (χ1v) is 24.8. The van der Waals surface area contributed by atoms with Crippen molar-refractivity contribution < 1.29 is 24.5 Å². The summed E-state index contributed by atoms with van der Waals surface area (Å²) < 4.78 is 6.61. The first-order valence-electron chi connectivity index (χ1n) is 24.8. The standard InChI is InChI=1S/C70H44N3O.Ir/c1-46-15-14-22-64-63-37-34-51(45-69(63)74-70(46)64)65-44-52(68-25-10-13-40-73-68)35-36-62(65)61-21-7-6-20-60(61)55-42-53(58-18-4-2-16-56(58)47-26-30-49(31-27-47)66-23-8-11-38-71-66)41-54(43-55)59-19-5-3-17-57(59)48-28-32-50(33-29-48)67-24-9-12-39-72-67;/h2-30,32,34,36-45H,1H3;/q-3;+3. The van der Waals surface area contributed by atoms with Gasteiger partial charge in [-0.2, -0.15) is 0 Å². The summed E-state index contributed by atoms with van der Waals surface area (Å²) >= 11 is 0. The summed E-state index contributed by atoms with van der Waals surface area (Å²) in [7, 11) is 0. The first kappa shape index (κ1) is 46.9. The van der Waals surface area contributed by atoms with Crippen molar-refractivity contribution in [3.63, 3.8) is 0 Å². The summed E-state index contributed by atoms with van der Waals surface area (Å²) in [6.07, 6.45) is 5.47. The van der Waals surface area contributed by atoms with Gasteiger partial charge in [-0.15, -0.1) is 83.4 Å². The Hall–Kier alpha value is -9.12. The van der Waals surface area contributed by atoms with Gasteiger partial charge in [0.05, 0.1) is 0 Å². The van der Waals surface area contributed by atoms with Crippen molar-refractivity contribution in [1.82, 2.24) is 15.0 Å². The largest absolute Gasteiger partial charge is 3.00 e. The molecule has 0 N–H and O–H groups in total. The first-order chi connectivity index (χ1) is 36.6. The zero-order valence-corrected chi connectivity index (χ0v) is 43.1. The Bertz CT molecular complexity index is 4030. The topological polar surface area (TPSA) is 51.8 Å². The molecular weight excluding hydrogens is 1090 g/mol. The second-order valence-corrected chi connectivity index (χ2v) is 18.5. The number of nitrogens with zero attached hydrogens (tertiary/aromatic N) is 3. The number of aromatic nitrogens is 3. The van der Waals surface area contributed by atoms with Gasteiger partial charge in [0.2, 0.25) is 0 Å². The van der Waals surface area contributed by atoms with Crippen molar-refractivity contribution in [3.05, 3.63) is 273 Å². The smallest absolute Gasteiger partial charge is 0.456 e. The molecule has 0 saturated carbocycles. The Morgan fingerprint density at radius 2 is 0.773 bits per heavy atom. The normalized spacial score (nSPS) is 11.2. The Balaban J connectivity index is 0.00000569. The summed E-state index contributed by atoms with van der Waals surface area (Å²) in [4.78, 5) is 13.9. The van der Waals surface area contributed by atoms with Crippen LogP contribution in [0.5, 0.6) is 0 Å². The summed E-state index contributed by atoms with van der Waals surface area (Å²) in [5, 5.41) is 2.21. The zero-order chi connectivity index (χ0) is 49.4. The van der Waals surface area contributed by atoms with Crippen LogP contribution in [0.25, 0.3) is 134 Å². The van der Waals surface area contributed by atoms with Crippen LogP contribution in [-0.4, -0.2) is 15.0 Å². The molecule has 354 valence electrons. The summed E-state index contributed by atoms with van der Waals surface area (Å²) in [5.74, 6) is 0. The predicted octanol–water partition coefficient (Wildman–Crippen LogP) is 18.1. The minimum atomic E-state index is 0. The van der Waals surface area contributed by atoms with Gasteiger partial charge in [0, 0.05) is 29.4 Å². The van der Waals surface area contributed by atoms with Crippen LogP contribution in [0.1, 0.15) is 5.56 Å². The van der Waals surface area contributed by atoms with Gasteiger partial charge in [0.1, 0.15) is 11.2 Å². The Labute approximate surface area is 450 Å². The second kappa shape index (κ2) is 20.4. The molecule has 0 aliphatic carbocycles. The maximum absolute atomic E-state index is 6.61. The molecule has 0 saturated heterocycles. The summed E-state index contributed by atoms with van der Waals surface area (Å²) in [6, 6.07) is 91.9. The van der Waals surface area contributed by atoms with Crippen molar-refractivity contribution in [1.29, 1.82) is 0 Å². The van der Waals surface area contributed by atoms with Gasteiger partial charge in [0.25, 0.3) is 0 Å². The third kappa shape index (κ3) is 9.10. The molecule has 4 aromatic heterocycles. The number of pyridine rings is 3. The van der Waals surface area contributed by atoms with Crippen LogP contribution in [0.3, 0.4) is 0 Å². The maximum Gasteiger partial charge on any atom is 3.00 e. The van der Waals surface area contributed by atoms with E-state index in [0.29, 0.717) is 0 Å². The molecule has 0 amide bonds. The van der Waals surface area contributed by atoms with Crippen LogP contribution in [0.15, 0.2) is 254 Å². The SMILES string of the molecule is Cc1cccc2c1oc1cc(-c3cc(-c4ccccn4)[c-]cc3-c3ccccc3-c3cc(-c4ccccc4-c4c[c-]c(-c5ccccn5)cc4)cc(-c4ccccc4-c4c[c-]c(-c5ccccn5)cc4)c3)ccc12.[Ir+3]. The molecule has 0 unspecified atom stereocenters. The number of hydrogen-bond acceptors (Lipinski definition) is 4. The molecule has 13 aromatic rings. The van der Waals surface area contributed by atoms with Gasteiger partial charge in [-0.05, 0) is 117 Å². The number of fused-ring (bicyclic) bond motifs is 3. The van der Waals surface area contributed by atoms with Gasteiger partial charge in [0.15, 0.2) is 0 Å². The number of benzene rings is 9. The quantitative estimate of drug-likeness (QED) is 0.128. The molecule has 0 fully saturated rings. The molecule has 0 atom stereocenters. The van der Waals surface area contributed by atoms with Crippen LogP contribution in [0.4, 0.5) is 0 Å². The van der Waals surface area contributed by atoms with Crippen LogP contribution >= 0.6 is 0 Å². The minimum absolute atomic E-state index is 0. The Morgan fingerprint density at radius 1 is 0.320 bits per heavy atom. The fraction of sp³-hybridized carbons (Fsp3) is 0.0143. The second-order valence-electron chi connectivity index (χ2n) is 18.5.